The van der Waals surface area contributed by atoms with Gasteiger partial charge in [-0.25, -0.2) is 0 Å². The number of halogens is 1. The lowest BCUT2D eigenvalue weighted by Crippen LogP contribution is -1.82. The number of benzene rings is 1. The van der Waals surface area contributed by atoms with Gasteiger partial charge in [0.05, 0.1) is 7.11 Å². The quantitative estimate of drug-likeness (QED) is 0.705. The minimum absolute atomic E-state index is 0.556. The van der Waals surface area contributed by atoms with E-state index in [9.17, 15) is 0 Å². The highest BCUT2D eigenvalue weighted by Gasteiger charge is 2.11. The number of hydrogen-bond donors (Lipinski definition) is 0. The summed E-state index contributed by atoms with van der Waals surface area (Å²) in [5, 5.41) is 1.17. The van der Waals surface area contributed by atoms with E-state index in [1.807, 2.05) is 6.07 Å². The van der Waals surface area contributed by atoms with Crippen molar-refractivity contribution in [2.75, 3.05) is 7.11 Å². The third kappa shape index (κ3) is 1.39. The molecule has 74 valence electrons. The first-order valence-electron chi connectivity index (χ1n) is 4.39. The number of thiophene rings is 1. The van der Waals surface area contributed by atoms with Crippen molar-refractivity contribution in [3.05, 3.63) is 28.6 Å². The lowest BCUT2D eigenvalue weighted by Gasteiger charge is -1.99. The average Bonchev–Trinajstić information content (AvgIpc) is 2.52. The van der Waals surface area contributed by atoms with E-state index < -0.39 is 0 Å². The summed E-state index contributed by atoms with van der Waals surface area (Å²) in [5.74, 6) is 1.54. The van der Waals surface area contributed by atoms with Crippen LogP contribution >= 0.6 is 22.9 Å². The van der Waals surface area contributed by atoms with Crippen molar-refractivity contribution in [2.45, 2.75) is 12.8 Å². The van der Waals surface area contributed by atoms with Crippen LogP contribution in [0.2, 0.25) is 0 Å². The van der Waals surface area contributed by atoms with Gasteiger partial charge in [-0.2, -0.15) is 0 Å². The number of rotatable bonds is 2. The van der Waals surface area contributed by atoms with Crippen molar-refractivity contribution >= 4 is 33.0 Å². The van der Waals surface area contributed by atoms with Gasteiger partial charge < -0.3 is 4.74 Å². The zero-order valence-electron chi connectivity index (χ0n) is 8.13. The highest BCUT2D eigenvalue weighted by molar-refractivity contribution is 7.19. The largest absolute Gasteiger partial charge is 0.495 e. The van der Waals surface area contributed by atoms with Crippen molar-refractivity contribution in [1.82, 2.24) is 0 Å². The van der Waals surface area contributed by atoms with Gasteiger partial charge in [-0.15, -0.1) is 22.9 Å². The topological polar surface area (TPSA) is 9.23 Å². The average molecular weight is 227 g/mol. The summed E-state index contributed by atoms with van der Waals surface area (Å²) in [6, 6.07) is 6.16. The first kappa shape index (κ1) is 9.81. The molecule has 0 saturated heterocycles. The van der Waals surface area contributed by atoms with Gasteiger partial charge in [-0.3, -0.25) is 0 Å². The molecule has 0 atom stereocenters. The molecule has 3 heteroatoms. The van der Waals surface area contributed by atoms with Crippen molar-refractivity contribution in [1.29, 1.82) is 0 Å². The molecule has 0 radical (unpaired) electrons. The third-order valence-corrected chi connectivity index (χ3v) is 3.73. The molecule has 14 heavy (non-hydrogen) atoms. The predicted molar refractivity (Wildman–Crippen MR) is 62.7 cm³/mol. The fourth-order valence-electron chi connectivity index (χ4n) is 1.63. The lowest BCUT2D eigenvalue weighted by molar-refractivity contribution is 0.418. The van der Waals surface area contributed by atoms with Crippen LogP contribution in [0.5, 0.6) is 5.75 Å². The zero-order chi connectivity index (χ0) is 10.1. The highest BCUT2D eigenvalue weighted by Crippen LogP contribution is 2.38. The second kappa shape index (κ2) is 3.79. The molecule has 0 spiro atoms. The summed E-state index contributed by atoms with van der Waals surface area (Å²) < 4.78 is 6.61. The molecule has 0 aliphatic carbocycles. The Hall–Kier alpha value is -0.730. The molecule has 0 saturated carbocycles. The number of aryl methyl sites for hydroxylation is 1. The molecule has 1 nitrogen and oxygen atoms in total. The molecule has 2 aromatic rings. The van der Waals surface area contributed by atoms with Gasteiger partial charge in [-0.1, -0.05) is 12.1 Å². The van der Waals surface area contributed by atoms with Gasteiger partial charge in [0.25, 0.3) is 0 Å². The number of methoxy groups -OCH3 is 1. The van der Waals surface area contributed by atoms with E-state index in [2.05, 4.69) is 19.1 Å². The standard InChI is InChI=1S/C11H11ClOS/c1-7-10(13-2)9-5-3-4-8(6-12)11(9)14-7/h3-5H,6H2,1-2H3. The monoisotopic (exact) mass is 226 g/mol. The van der Waals surface area contributed by atoms with E-state index in [1.165, 1.54) is 20.5 Å². The van der Waals surface area contributed by atoms with Crippen LogP contribution in [-0.4, -0.2) is 7.11 Å². The van der Waals surface area contributed by atoms with E-state index in [1.54, 1.807) is 18.4 Å². The van der Waals surface area contributed by atoms with Crippen LogP contribution in [0, 0.1) is 6.92 Å². The first-order chi connectivity index (χ1) is 6.77. The van der Waals surface area contributed by atoms with Crippen LogP contribution in [0.3, 0.4) is 0 Å². The summed E-state index contributed by atoms with van der Waals surface area (Å²) in [4.78, 5) is 1.21. The minimum atomic E-state index is 0.556. The van der Waals surface area contributed by atoms with Crippen molar-refractivity contribution in [2.24, 2.45) is 0 Å². The molecule has 0 N–H and O–H groups in total. The molecular weight excluding hydrogens is 216 g/mol. The molecule has 0 fully saturated rings. The van der Waals surface area contributed by atoms with Gasteiger partial charge in [0.15, 0.2) is 0 Å². The molecule has 1 aromatic heterocycles. The lowest BCUT2D eigenvalue weighted by atomic mass is 10.2. The maximum Gasteiger partial charge on any atom is 0.140 e. The van der Waals surface area contributed by atoms with E-state index >= 15 is 0 Å². The molecule has 0 unspecified atom stereocenters. The summed E-state index contributed by atoms with van der Waals surface area (Å²) in [5.41, 5.74) is 1.18. The Morgan fingerprint density at radius 2 is 2.21 bits per heavy atom. The fourth-order valence-corrected chi connectivity index (χ4v) is 3.07. The molecule has 0 aliphatic heterocycles. The van der Waals surface area contributed by atoms with Gasteiger partial charge in [0.1, 0.15) is 5.75 Å². The fraction of sp³-hybridized carbons (Fsp3) is 0.273. The SMILES string of the molecule is COc1c(C)sc2c(CCl)cccc12. The summed E-state index contributed by atoms with van der Waals surface area (Å²) in [7, 11) is 1.71. The maximum absolute atomic E-state index is 5.88. The molecule has 0 aliphatic rings. The van der Waals surface area contributed by atoms with E-state index in [4.69, 9.17) is 16.3 Å². The number of alkyl halides is 1. The Morgan fingerprint density at radius 1 is 1.43 bits per heavy atom. The molecule has 1 aromatic carbocycles. The molecule has 2 rings (SSSR count). The maximum atomic E-state index is 5.88. The van der Waals surface area contributed by atoms with Gasteiger partial charge in [-0.05, 0) is 18.6 Å². The Balaban J connectivity index is 2.79. The number of ether oxygens (including phenoxy) is 1. The van der Waals surface area contributed by atoms with Crippen molar-refractivity contribution in [3.8, 4) is 5.75 Å². The summed E-state index contributed by atoms with van der Waals surface area (Å²) in [6.07, 6.45) is 0. The van der Waals surface area contributed by atoms with Crippen LogP contribution in [-0.2, 0) is 5.88 Å². The highest BCUT2D eigenvalue weighted by atomic mass is 35.5. The number of fused-ring (bicyclic) bond motifs is 1. The summed E-state index contributed by atoms with van der Waals surface area (Å²) >= 11 is 7.62. The van der Waals surface area contributed by atoms with Crippen LogP contribution in [0.15, 0.2) is 18.2 Å². The third-order valence-electron chi connectivity index (χ3n) is 2.26. The molecular formula is C11H11ClOS. The first-order valence-corrected chi connectivity index (χ1v) is 5.74. The second-order valence-electron chi connectivity index (χ2n) is 3.12. The van der Waals surface area contributed by atoms with Gasteiger partial charge in [0, 0.05) is 20.8 Å². The second-order valence-corrected chi connectivity index (χ2v) is 4.61. The molecule has 0 amide bonds. The number of hydrogen-bond acceptors (Lipinski definition) is 2. The van der Waals surface area contributed by atoms with Crippen molar-refractivity contribution < 1.29 is 4.74 Å². The zero-order valence-corrected chi connectivity index (χ0v) is 9.71. The molecule has 1 heterocycles. The van der Waals surface area contributed by atoms with Crippen LogP contribution in [0.4, 0.5) is 0 Å². The van der Waals surface area contributed by atoms with Crippen LogP contribution in [0.1, 0.15) is 10.4 Å². The smallest absolute Gasteiger partial charge is 0.140 e. The van der Waals surface area contributed by atoms with E-state index in [-0.39, 0.29) is 0 Å². The Morgan fingerprint density at radius 3 is 2.86 bits per heavy atom. The summed E-state index contributed by atoms with van der Waals surface area (Å²) in [6.45, 7) is 2.07. The van der Waals surface area contributed by atoms with E-state index in [0.29, 0.717) is 5.88 Å². The van der Waals surface area contributed by atoms with Crippen LogP contribution in [0.25, 0.3) is 10.1 Å². The Bertz CT molecular complexity index is 462. The normalized spacial score (nSPS) is 10.8. The van der Waals surface area contributed by atoms with Gasteiger partial charge in [0.2, 0.25) is 0 Å². The Kier molecular flexibility index (Phi) is 2.66. The van der Waals surface area contributed by atoms with Crippen LogP contribution < -0.4 is 4.74 Å². The van der Waals surface area contributed by atoms with Crippen molar-refractivity contribution in [3.63, 3.8) is 0 Å². The minimum Gasteiger partial charge on any atom is -0.495 e. The van der Waals surface area contributed by atoms with Gasteiger partial charge >= 0.3 is 0 Å². The molecule has 0 bridgehead atoms. The van der Waals surface area contributed by atoms with E-state index in [0.717, 1.165) is 5.75 Å². The Labute approximate surface area is 92.3 Å². The predicted octanol–water partition coefficient (Wildman–Crippen LogP) is 3.96.